The minimum atomic E-state index is -0.228. The van der Waals surface area contributed by atoms with Gasteiger partial charge in [0, 0.05) is 12.5 Å². The number of hydrogen-bond acceptors (Lipinski definition) is 1. The molecule has 68 valence electrons. The van der Waals surface area contributed by atoms with Crippen molar-refractivity contribution in [2.45, 2.75) is 18.9 Å². The highest BCUT2D eigenvalue weighted by molar-refractivity contribution is 5.17. The molecule has 13 heavy (non-hydrogen) atoms. The molecular formula is C11H12FN. The Morgan fingerprint density at radius 3 is 2.54 bits per heavy atom. The van der Waals surface area contributed by atoms with E-state index in [0.29, 0.717) is 12.8 Å². The minimum absolute atomic E-state index is 0.0320. The van der Waals surface area contributed by atoms with Crippen molar-refractivity contribution in [3.05, 3.63) is 35.6 Å². The van der Waals surface area contributed by atoms with Crippen LogP contribution in [0, 0.1) is 18.2 Å². The lowest BCUT2D eigenvalue weighted by molar-refractivity contribution is 0.625. The molecule has 0 fully saturated rings. The van der Waals surface area contributed by atoms with Gasteiger partial charge in [-0.1, -0.05) is 12.1 Å². The van der Waals surface area contributed by atoms with Crippen LogP contribution in [0.2, 0.25) is 0 Å². The topological polar surface area (TPSA) is 26.0 Å². The van der Waals surface area contributed by atoms with Gasteiger partial charge in [0.25, 0.3) is 0 Å². The van der Waals surface area contributed by atoms with E-state index in [4.69, 9.17) is 12.2 Å². The smallest absolute Gasteiger partial charge is 0.123 e. The number of terminal acetylenes is 1. The van der Waals surface area contributed by atoms with Crippen LogP contribution in [0.3, 0.4) is 0 Å². The second-order valence-corrected chi connectivity index (χ2v) is 3.00. The summed E-state index contributed by atoms with van der Waals surface area (Å²) in [6, 6.07) is 6.28. The van der Waals surface area contributed by atoms with Crippen molar-refractivity contribution in [1.29, 1.82) is 0 Å². The van der Waals surface area contributed by atoms with Gasteiger partial charge in [-0.2, -0.15) is 0 Å². The molecule has 1 unspecified atom stereocenters. The normalized spacial score (nSPS) is 12.1. The van der Waals surface area contributed by atoms with Gasteiger partial charge in [0.2, 0.25) is 0 Å². The van der Waals surface area contributed by atoms with Gasteiger partial charge in [-0.3, -0.25) is 0 Å². The molecule has 0 radical (unpaired) electrons. The van der Waals surface area contributed by atoms with E-state index in [1.165, 1.54) is 12.1 Å². The summed E-state index contributed by atoms with van der Waals surface area (Å²) in [5, 5.41) is 0. The number of rotatable bonds is 3. The monoisotopic (exact) mass is 177 g/mol. The molecule has 0 amide bonds. The molecule has 1 aromatic rings. The summed E-state index contributed by atoms with van der Waals surface area (Å²) in [6.45, 7) is 0. The van der Waals surface area contributed by atoms with E-state index in [2.05, 4.69) is 5.92 Å². The summed E-state index contributed by atoms with van der Waals surface area (Å²) in [4.78, 5) is 0. The highest BCUT2D eigenvalue weighted by Gasteiger charge is 2.01. The second-order valence-electron chi connectivity index (χ2n) is 3.00. The molecule has 0 saturated heterocycles. The number of nitrogens with two attached hydrogens (primary N) is 1. The van der Waals surface area contributed by atoms with Gasteiger partial charge >= 0.3 is 0 Å². The van der Waals surface area contributed by atoms with Gasteiger partial charge in [-0.15, -0.1) is 12.3 Å². The summed E-state index contributed by atoms with van der Waals surface area (Å²) in [7, 11) is 0. The van der Waals surface area contributed by atoms with Crippen LogP contribution in [-0.2, 0) is 6.42 Å². The molecular weight excluding hydrogens is 165 g/mol. The fraction of sp³-hybridized carbons (Fsp3) is 0.273. The molecule has 0 bridgehead atoms. The Bertz CT molecular complexity index is 297. The molecule has 0 spiro atoms. The Balaban J connectivity index is 2.55. The summed E-state index contributed by atoms with van der Waals surface area (Å²) in [6.07, 6.45) is 6.37. The van der Waals surface area contributed by atoms with Crippen LogP contribution in [-0.4, -0.2) is 6.04 Å². The van der Waals surface area contributed by atoms with Crippen LogP contribution in [0.1, 0.15) is 12.0 Å². The fourth-order valence-electron chi connectivity index (χ4n) is 1.15. The minimum Gasteiger partial charge on any atom is -0.327 e. The Morgan fingerprint density at radius 1 is 1.38 bits per heavy atom. The number of benzene rings is 1. The molecule has 0 saturated carbocycles. The summed E-state index contributed by atoms with van der Waals surface area (Å²) < 4.78 is 12.5. The Hall–Kier alpha value is -1.33. The van der Waals surface area contributed by atoms with Crippen LogP contribution < -0.4 is 5.73 Å². The Kier molecular flexibility index (Phi) is 3.48. The van der Waals surface area contributed by atoms with E-state index in [1.807, 2.05) is 0 Å². The van der Waals surface area contributed by atoms with Crippen LogP contribution >= 0.6 is 0 Å². The first-order valence-corrected chi connectivity index (χ1v) is 4.16. The summed E-state index contributed by atoms with van der Waals surface area (Å²) >= 11 is 0. The van der Waals surface area contributed by atoms with Crippen LogP contribution in [0.4, 0.5) is 4.39 Å². The first-order chi connectivity index (χ1) is 6.22. The summed E-state index contributed by atoms with van der Waals surface area (Å²) in [5.41, 5.74) is 6.74. The Labute approximate surface area is 77.8 Å². The van der Waals surface area contributed by atoms with Gasteiger partial charge in [-0.05, 0) is 24.1 Å². The number of hydrogen-bond donors (Lipinski definition) is 1. The van der Waals surface area contributed by atoms with Gasteiger partial charge in [-0.25, -0.2) is 4.39 Å². The molecule has 1 atom stereocenters. The third kappa shape index (κ3) is 3.27. The van der Waals surface area contributed by atoms with Crippen molar-refractivity contribution in [3.63, 3.8) is 0 Å². The van der Waals surface area contributed by atoms with Crippen LogP contribution in [0.25, 0.3) is 0 Å². The largest absolute Gasteiger partial charge is 0.327 e. The predicted molar refractivity (Wildman–Crippen MR) is 51.5 cm³/mol. The van der Waals surface area contributed by atoms with E-state index >= 15 is 0 Å². The first kappa shape index (κ1) is 9.76. The molecule has 0 heterocycles. The van der Waals surface area contributed by atoms with Crippen molar-refractivity contribution in [3.8, 4) is 12.3 Å². The molecule has 0 aliphatic carbocycles. The average Bonchev–Trinajstić information content (AvgIpc) is 2.09. The van der Waals surface area contributed by atoms with E-state index < -0.39 is 0 Å². The standard InChI is InChI=1S/C11H12FN/c1-2-3-11(13)8-9-4-6-10(12)7-5-9/h1,4-7,11H,3,8,13H2. The number of halogens is 1. The SMILES string of the molecule is C#CCC(N)Cc1ccc(F)cc1. The van der Waals surface area contributed by atoms with E-state index in [-0.39, 0.29) is 11.9 Å². The van der Waals surface area contributed by atoms with Crippen molar-refractivity contribution in [2.24, 2.45) is 5.73 Å². The lowest BCUT2D eigenvalue weighted by Gasteiger charge is -2.07. The van der Waals surface area contributed by atoms with Crippen molar-refractivity contribution >= 4 is 0 Å². The molecule has 0 aliphatic heterocycles. The third-order valence-corrected chi connectivity index (χ3v) is 1.79. The van der Waals surface area contributed by atoms with E-state index in [0.717, 1.165) is 5.56 Å². The summed E-state index contributed by atoms with van der Waals surface area (Å²) in [5.74, 6) is 2.27. The van der Waals surface area contributed by atoms with Gasteiger partial charge in [0.1, 0.15) is 5.82 Å². The van der Waals surface area contributed by atoms with Crippen LogP contribution in [0.15, 0.2) is 24.3 Å². The quantitative estimate of drug-likeness (QED) is 0.699. The second kappa shape index (κ2) is 4.64. The lowest BCUT2D eigenvalue weighted by Crippen LogP contribution is -2.21. The van der Waals surface area contributed by atoms with Crippen molar-refractivity contribution < 1.29 is 4.39 Å². The highest BCUT2D eigenvalue weighted by Crippen LogP contribution is 2.05. The first-order valence-electron chi connectivity index (χ1n) is 4.16. The third-order valence-electron chi connectivity index (χ3n) is 1.79. The molecule has 2 N–H and O–H groups in total. The Morgan fingerprint density at radius 2 is 2.00 bits per heavy atom. The average molecular weight is 177 g/mol. The highest BCUT2D eigenvalue weighted by atomic mass is 19.1. The molecule has 0 aliphatic rings. The van der Waals surface area contributed by atoms with Gasteiger partial charge in [0.05, 0.1) is 0 Å². The predicted octanol–water partition coefficient (Wildman–Crippen LogP) is 1.72. The van der Waals surface area contributed by atoms with E-state index in [1.54, 1.807) is 12.1 Å². The molecule has 1 rings (SSSR count). The zero-order valence-electron chi connectivity index (χ0n) is 7.33. The maximum atomic E-state index is 12.5. The van der Waals surface area contributed by atoms with E-state index in [9.17, 15) is 4.39 Å². The molecule has 1 aromatic carbocycles. The van der Waals surface area contributed by atoms with Gasteiger partial charge in [0.15, 0.2) is 0 Å². The zero-order chi connectivity index (χ0) is 9.68. The molecule has 0 aromatic heterocycles. The molecule has 2 heteroatoms. The molecule has 1 nitrogen and oxygen atoms in total. The zero-order valence-corrected chi connectivity index (χ0v) is 7.33. The van der Waals surface area contributed by atoms with Gasteiger partial charge < -0.3 is 5.73 Å². The van der Waals surface area contributed by atoms with Crippen molar-refractivity contribution in [1.82, 2.24) is 0 Å². The lowest BCUT2D eigenvalue weighted by atomic mass is 10.0. The van der Waals surface area contributed by atoms with Crippen molar-refractivity contribution in [2.75, 3.05) is 0 Å². The maximum absolute atomic E-state index is 12.5. The maximum Gasteiger partial charge on any atom is 0.123 e. The van der Waals surface area contributed by atoms with Crippen LogP contribution in [0.5, 0.6) is 0 Å². The fourth-order valence-corrected chi connectivity index (χ4v) is 1.15.